The second-order valence-corrected chi connectivity index (χ2v) is 3.92. The highest BCUT2D eigenvalue weighted by Gasteiger charge is 2.16. The Bertz CT molecular complexity index is 333. The minimum atomic E-state index is -0.139. The van der Waals surface area contributed by atoms with Crippen LogP contribution in [0.25, 0.3) is 0 Å². The van der Waals surface area contributed by atoms with Gasteiger partial charge in [0, 0.05) is 24.0 Å². The standard InChI is InChI=1S/C9H14N2O/c1-9(2,3)7-6-11(10)5-4-8(7)12/h4-6H,10H2,1-3H3. The first-order valence-corrected chi connectivity index (χ1v) is 3.89. The molecule has 0 saturated heterocycles. The van der Waals surface area contributed by atoms with Crippen LogP contribution in [0.4, 0.5) is 0 Å². The summed E-state index contributed by atoms with van der Waals surface area (Å²) in [5, 5.41) is 0. The fraction of sp³-hybridized carbons (Fsp3) is 0.444. The van der Waals surface area contributed by atoms with Crippen LogP contribution < -0.4 is 11.3 Å². The topological polar surface area (TPSA) is 48.0 Å². The van der Waals surface area contributed by atoms with Crippen molar-refractivity contribution in [1.82, 2.24) is 4.68 Å². The van der Waals surface area contributed by atoms with Gasteiger partial charge in [0.1, 0.15) is 0 Å². The van der Waals surface area contributed by atoms with E-state index in [9.17, 15) is 4.79 Å². The molecule has 0 radical (unpaired) electrons. The predicted molar refractivity (Wildman–Crippen MR) is 49.6 cm³/mol. The van der Waals surface area contributed by atoms with Crippen LogP contribution in [0, 0.1) is 0 Å². The molecule has 0 amide bonds. The Morgan fingerprint density at radius 1 is 1.42 bits per heavy atom. The maximum atomic E-state index is 11.3. The van der Waals surface area contributed by atoms with Gasteiger partial charge in [-0.3, -0.25) is 9.47 Å². The zero-order valence-electron chi connectivity index (χ0n) is 7.66. The molecular formula is C9H14N2O. The number of hydrogen-bond acceptors (Lipinski definition) is 2. The van der Waals surface area contributed by atoms with E-state index in [4.69, 9.17) is 5.84 Å². The molecule has 12 heavy (non-hydrogen) atoms. The van der Waals surface area contributed by atoms with Crippen LogP contribution in [0.5, 0.6) is 0 Å². The van der Waals surface area contributed by atoms with Gasteiger partial charge in [-0.15, -0.1) is 0 Å². The lowest BCUT2D eigenvalue weighted by Gasteiger charge is -2.18. The van der Waals surface area contributed by atoms with Crippen LogP contribution in [-0.2, 0) is 5.41 Å². The molecule has 1 heterocycles. The van der Waals surface area contributed by atoms with Gasteiger partial charge in [-0.2, -0.15) is 0 Å². The number of nitrogens with two attached hydrogens (primary N) is 1. The van der Waals surface area contributed by atoms with Gasteiger partial charge in [-0.25, -0.2) is 0 Å². The second-order valence-electron chi connectivity index (χ2n) is 3.92. The Labute approximate surface area is 71.8 Å². The van der Waals surface area contributed by atoms with Crippen molar-refractivity contribution in [3.05, 3.63) is 34.2 Å². The number of nitrogen functional groups attached to an aromatic ring is 1. The van der Waals surface area contributed by atoms with Gasteiger partial charge in [-0.1, -0.05) is 20.8 Å². The van der Waals surface area contributed by atoms with Crippen molar-refractivity contribution in [2.24, 2.45) is 0 Å². The molecule has 66 valence electrons. The van der Waals surface area contributed by atoms with Crippen molar-refractivity contribution in [1.29, 1.82) is 0 Å². The van der Waals surface area contributed by atoms with Crippen LogP contribution in [0.2, 0.25) is 0 Å². The van der Waals surface area contributed by atoms with Crippen LogP contribution in [-0.4, -0.2) is 4.68 Å². The molecule has 0 saturated carbocycles. The third-order valence-corrected chi connectivity index (χ3v) is 1.75. The van der Waals surface area contributed by atoms with E-state index in [0.29, 0.717) is 0 Å². The molecule has 0 bridgehead atoms. The summed E-state index contributed by atoms with van der Waals surface area (Å²) < 4.78 is 1.40. The molecule has 1 aromatic rings. The molecule has 0 unspecified atom stereocenters. The second kappa shape index (κ2) is 2.66. The van der Waals surface area contributed by atoms with Gasteiger partial charge in [0.25, 0.3) is 0 Å². The van der Waals surface area contributed by atoms with Gasteiger partial charge < -0.3 is 5.84 Å². The lowest BCUT2D eigenvalue weighted by Crippen LogP contribution is -2.25. The highest BCUT2D eigenvalue weighted by atomic mass is 16.1. The monoisotopic (exact) mass is 166 g/mol. The summed E-state index contributed by atoms with van der Waals surface area (Å²) in [6, 6.07) is 1.49. The summed E-state index contributed by atoms with van der Waals surface area (Å²) in [5.74, 6) is 5.50. The van der Waals surface area contributed by atoms with Gasteiger partial charge in [0.15, 0.2) is 5.43 Å². The number of hydrogen-bond donors (Lipinski definition) is 1. The smallest absolute Gasteiger partial charge is 0.185 e. The molecule has 0 aromatic carbocycles. The van der Waals surface area contributed by atoms with Crippen molar-refractivity contribution < 1.29 is 0 Å². The average Bonchev–Trinajstić information content (AvgIpc) is 1.92. The number of aromatic nitrogens is 1. The lowest BCUT2D eigenvalue weighted by atomic mass is 9.88. The van der Waals surface area contributed by atoms with E-state index in [1.165, 1.54) is 10.7 Å². The first-order chi connectivity index (χ1) is 5.41. The normalized spacial score (nSPS) is 11.6. The van der Waals surface area contributed by atoms with Gasteiger partial charge >= 0.3 is 0 Å². The van der Waals surface area contributed by atoms with E-state index < -0.39 is 0 Å². The van der Waals surface area contributed by atoms with E-state index in [1.807, 2.05) is 20.8 Å². The molecule has 3 heteroatoms. The van der Waals surface area contributed by atoms with Crippen molar-refractivity contribution in [2.45, 2.75) is 26.2 Å². The Hall–Kier alpha value is -1.25. The number of pyridine rings is 1. The Kier molecular flexibility index (Phi) is 1.96. The first kappa shape index (κ1) is 8.84. The highest BCUT2D eigenvalue weighted by Crippen LogP contribution is 2.17. The van der Waals surface area contributed by atoms with Gasteiger partial charge in [0.2, 0.25) is 0 Å². The van der Waals surface area contributed by atoms with E-state index in [-0.39, 0.29) is 10.8 Å². The zero-order chi connectivity index (χ0) is 9.35. The zero-order valence-corrected chi connectivity index (χ0v) is 7.66. The molecular weight excluding hydrogens is 152 g/mol. The average molecular weight is 166 g/mol. The fourth-order valence-electron chi connectivity index (χ4n) is 1.06. The summed E-state index contributed by atoms with van der Waals surface area (Å²) in [6.45, 7) is 5.97. The van der Waals surface area contributed by atoms with Crippen molar-refractivity contribution in [3.8, 4) is 0 Å². The minimum Gasteiger partial charge on any atom is -0.340 e. The molecule has 0 aliphatic rings. The first-order valence-electron chi connectivity index (χ1n) is 3.89. The molecule has 1 aromatic heterocycles. The highest BCUT2D eigenvalue weighted by molar-refractivity contribution is 5.19. The fourth-order valence-corrected chi connectivity index (χ4v) is 1.06. The predicted octanol–water partition coefficient (Wildman–Crippen LogP) is 0.860. The molecule has 0 fully saturated rings. The summed E-state index contributed by atoms with van der Waals surface area (Å²) >= 11 is 0. The van der Waals surface area contributed by atoms with Crippen LogP contribution in [0.15, 0.2) is 23.3 Å². The summed E-state index contributed by atoms with van der Waals surface area (Å²) in [6.07, 6.45) is 3.22. The van der Waals surface area contributed by atoms with Gasteiger partial charge in [0.05, 0.1) is 0 Å². The third kappa shape index (κ3) is 1.67. The van der Waals surface area contributed by atoms with Crippen molar-refractivity contribution >= 4 is 0 Å². The molecule has 0 aliphatic carbocycles. The molecule has 1 rings (SSSR count). The molecule has 0 spiro atoms. The summed E-state index contributed by atoms with van der Waals surface area (Å²) in [7, 11) is 0. The molecule has 2 N–H and O–H groups in total. The van der Waals surface area contributed by atoms with Crippen LogP contribution in [0.3, 0.4) is 0 Å². The Morgan fingerprint density at radius 2 is 2.00 bits per heavy atom. The SMILES string of the molecule is CC(C)(C)c1cn(N)ccc1=O. The maximum Gasteiger partial charge on any atom is 0.185 e. The molecule has 0 aliphatic heterocycles. The van der Waals surface area contributed by atoms with Crippen molar-refractivity contribution in [2.75, 3.05) is 5.84 Å². The Morgan fingerprint density at radius 3 is 2.42 bits per heavy atom. The number of rotatable bonds is 0. The lowest BCUT2D eigenvalue weighted by molar-refractivity contribution is 0.578. The molecule has 0 atom stereocenters. The van der Waals surface area contributed by atoms with E-state index >= 15 is 0 Å². The summed E-state index contributed by atoms with van der Waals surface area (Å²) in [4.78, 5) is 11.3. The van der Waals surface area contributed by atoms with Crippen LogP contribution >= 0.6 is 0 Å². The third-order valence-electron chi connectivity index (χ3n) is 1.75. The van der Waals surface area contributed by atoms with E-state index in [1.54, 1.807) is 12.4 Å². The summed E-state index contributed by atoms with van der Waals surface area (Å²) in [5.41, 5.74) is 0.649. The largest absolute Gasteiger partial charge is 0.340 e. The van der Waals surface area contributed by atoms with Gasteiger partial charge in [-0.05, 0) is 5.41 Å². The van der Waals surface area contributed by atoms with Crippen LogP contribution in [0.1, 0.15) is 26.3 Å². The maximum absolute atomic E-state index is 11.3. The Balaban J connectivity index is 3.33. The van der Waals surface area contributed by atoms with E-state index in [0.717, 1.165) is 5.56 Å². The molecule has 3 nitrogen and oxygen atoms in total. The van der Waals surface area contributed by atoms with E-state index in [2.05, 4.69) is 0 Å². The minimum absolute atomic E-state index is 0.0456. The van der Waals surface area contributed by atoms with Crippen molar-refractivity contribution in [3.63, 3.8) is 0 Å². The number of nitrogens with zero attached hydrogens (tertiary/aromatic N) is 1. The quantitative estimate of drug-likeness (QED) is 0.581.